The number of nitrogens with zero attached hydrogens (tertiary/aromatic N) is 3. The number of rotatable bonds is 4. The summed E-state index contributed by atoms with van der Waals surface area (Å²) in [4.78, 5) is 16.8. The molecule has 5 heteroatoms. The van der Waals surface area contributed by atoms with Crippen LogP contribution in [0, 0.1) is 11.3 Å². The second-order valence-electron chi connectivity index (χ2n) is 8.30. The van der Waals surface area contributed by atoms with E-state index in [1.165, 1.54) is 5.56 Å². The normalized spacial score (nSPS) is 24.2. The molecule has 30 heavy (non-hydrogen) atoms. The van der Waals surface area contributed by atoms with Crippen molar-refractivity contribution < 1.29 is 9.90 Å². The smallest absolute Gasteiger partial charge is 0.222 e. The van der Waals surface area contributed by atoms with Crippen molar-refractivity contribution in [2.24, 2.45) is 0 Å². The summed E-state index contributed by atoms with van der Waals surface area (Å²) in [5.74, 6) is 0.440. The third kappa shape index (κ3) is 3.86. The Morgan fingerprint density at radius 1 is 1.13 bits per heavy atom. The van der Waals surface area contributed by atoms with E-state index >= 15 is 0 Å². The highest BCUT2D eigenvalue weighted by Gasteiger charge is 2.49. The van der Waals surface area contributed by atoms with Gasteiger partial charge in [-0.2, -0.15) is 5.26 Å². The molecule has 2 aromatic rings. The van der Waals surface area contributed by atoms with E-state index in [0.717, 1.165) is 43.6 Å². The first kappa shape index (κ1) is 20.6. The fraction of sp³-hybridized carbons (Fsp3) is 0.440. The quantitative estimate of drug-likeness (QED) is 0.850. The molecule has 0 aliphatic carbocycles. The molecule has 0 aromatic heterocycles. The first-order valence-electron chi connectivity index (χ1n) is 10.9. The molecule has 156 valence electrons. The third-order valence-electron chi connectivity index (χ3n) is 6.65. The van der Waals surface area contributed by atoms with Crippen molar-refractivity contribution in [3.8, 4) is 17.2 Å². The van der Waals surface area contributed by atoms with Gasteiger partial charge in [0.15, 0.2) is 0 Å². The van der Waals surface area contributed by atoms with Crippen molar-refractivity contribution in [2.75, 3.05) is 26.2 Å². The van der Waals surface area contributed by atoms with E-state index in [9.17, 15) is 9.90 Å². The van der Waals surface area contributed by atoms with Crippen molar-refractivity contribution >= 4 is 5.91 Å². The lowest BCUT2D eigenvalue weighted by molar-refractivity contribution is -0.136. The zero-order valence-electron chi connectivity index (χ0n) is 17.5. The number of fused-ring (bicyclic) bond motifs is 1. The Hall–Kier alpha value is -2.68. The van der Waals surface area contributed by atoms with E-state index in [1.54, 1.807) is 0 Å². The molecule has 2 fully saturated rings. The Balaban J connectivity index is 1.58. The van der Waals surface area contributed by atoms with Crippen molar-refractivity contribution in [1.82, 2.24) is 9.80 Å². The average molecular weight is 404 g/mol. The van der Waals surface area contributed by atoms with Crippen molar-refractivity contribution in [3.63, 3.8) is 0 Å². The summed E-state index contributed by atoms with van der Waals surface area (Å²) < 4.78 is 0. The SMILES string of the molecule is CCC(=O)N1CCCCN2[C@@H](CO)[C@H](c3ccc(-c4cccc(C#N)c4)cc3)[C@@H]2C1. The van der Waals surface area contributed by atoms with Crippen LogP contribution in [0.25, 0.3) is 11.1 Å². The standard InChI is InChI=1S/C25H29N3O2/c1-2-24(30)27-12-3-4-13-28-22(16-27)25(23(28)17-29)20-10-8-19(9-11-20)21-7-5-6-18(14-21)15-26/h5-11,14,22-23,25,29H,2-4,12-13,16-17H2,1H3/t22-,23-,25+/m0/s1. The number of nitriles is 1. The molecule has 0 radical (unpaired) electrons. The van der Waals surface area contributed by atoms with Crippen molar-refractivity contribution in [3.05, 3.63) is 59.7 Å². The number of aliphatic hydroxyl groups is 1. The van der Waals surface area contributed by atoms with Gasteiger partial charge in [-0.25, -0.2) is 0 Å². The summed E-state index contributed by atoms with van der Waals surface area (Å²) >= 11 is 0. The van der Waals surface area contributed by atoms with Crippen molar-refractivity contribution in [1.29, 1.82) is 5.26 Å². The van der Waals surface area contributed by atoms with E-state index in [0.29, 0.717) is 12.0 Å². The number of carbonyl (C=O) groups excluding carboxylic acids is 1. The molecule has 1 amide bonds. The molecule has 0 bridgehead atoms. The highest BCUT2D eigenvalue weighted by molar-refractivity contribution is 5.76. The largest absolute Gasteiger partial charge is 0.395 e. The zero-order valence-corrected chi connectivity index (χ0v) is 17.5. The molecule has 2 aliphatic heterocycles. The summed E-state index contributed by atoms with van der Waals surface area (Å²) in [7, 11) is 0. The van der Waals surface area contributed by atoms with Gasteiger partial charge in [0.05, 0.1) is 18.2 Å². The molecule has 0 saturated carbocycles. The average Bonchev–Trinajstić information content (AvgIpc) is 2.78. The predicted molar refractivity (Wildman–Crippen MR) is 117 cm³/mol. The maximum absolute atomic E-state index is 12.4. The molecule has 2 aliphatic rings. The molecule has 0 spiro atoms. The molecule has 4 rings (SSSR count). The highest BCUT2D eigenvalue weighted by Crippen LogP contribution is 2.42. The van der Waals surface area contributed by atoms with Crippen LogP contribution in [-0.4, -0.2) is 59.1 Å². The number of amides is 1. The number of carbonyl (C=O) groups is 1. The molecular formula is C25H29N3O2. The first-order chi connectivity index (χ1) is 14.7. The lowest BCUT2D eigenvalue weighted by Crippen LogP contribution is -2.67. The summed E-state index contributed by atoms with van der Waals surface area (Å²) in [6, 6.07) is 18.7. The molecular weight excluding hydrogens is 374 g/mol. The van der Waals surface area contributed by atoms with Crippen LogP contribution < -0.4 is 0 Å². The summed E-state index contributed by atoms with van der Waals surface area (Å²) in [6.07, 6.45) is 2.62. The van der Waals surface area contributed by atoms with Crippen LogP contribution in [0.4, 0.5) is 0 Å². The third-order valence-corrected chi connectivity index (χ3v) is 6.65. The second-order valence-corrected chi connectivity index (χ2v) is 8.30. The monoisotopic (exact) mass is 403 g/mol. The fourth-order valence-electron chi connectivity index (χ4n) is 5.06. The minimum absolute atomic E-state index is 0.111. The van der Waals surface area contributed by atoms with Gasteiger partial charge in [0.1, 0.15) is 0 Å². The van der Waals surface area contributed by atoms with E-state index in [-0.39, 0.29) is 30.5 Å². The number of aliphatic hydroxyl groups excluding tert-OH is 1. The van der Waals surface area contributed by atoms with Crippen LogP contribution in [0.2, 0.25) is 0 Å². The topological polar surface area (TPSA) is 67.6 Å². The van der Waals surface area contributed by atoms with Crippen LogP contribution in [0.5, 0.6) is 0 Å². The van der Waals surface area contributed by atoms with Gasteiger partial charge in [0.25, 0.3) is 0 Å². The summed E-state index contributed by atoms with van der Waals surface area (Å²) in [5.41, 5.74) is 3.97. The molecule has 0 unspecified atom stereocenters. The molecule has 2 heterocycles. The maximum Gasteiger partial charge on any atom is 0.222 e. The number of benzene rings is 2. The van der Waals surface area contributed by atoms with Crippen LogP contribution in [0.1, 0.15) is 43.2 Å². The van der Waals surface area contributed by atoms with E-state index < -0.39 is 0 Å². The predicted octanol–water partition coefficient (Wildman–Crippen LogP) is 3.39. The Kier molecular flexibility index (Phi) is 6.17. The van der Waals surface area contributed by atoms with Gasteiger partial charge in [0, 0.05) is 37.5 Å². The van der Waals surface area contributed by atoms with E-state index in [1.807, 2.05) is 36.1 Å². The van der Waals surface area contributed by atoms with Crippen LogP contribution in [0.15, 0.2) is 48.5 Å². The lowest BCUT2D eigenvalue weighted by Gasteiger charge is -2.57. The Morgan fingerprint density at radius 2 is 1.90 bits per heavy atom. The molecule has 2 aromatic carbocycles. The maximum atomic E-state index is 12.4. The lowest BCUT2D eigenvalue weighted by atomic mass is 9.74. The zero-order chi connectivity index (χ0) is 21.1. The fourth-order valence-corrected chi connectivity index (χ4v) is 5.06. The van der Waals surface area contributed by atoms with Crippen LogP contribution in [-0.2, 0) is 4.79 Å². The Morgan fingerprint density at radius 3 is 2.60 bits per heavy atom. The second kappa shape index (κ2) is 8.99. The number of hydrogen-bond donors (Lipinski definition) is 1. The van der Waals surface area contributed by atoms with E-state index in [4.69, 9.17) is 5.26 Å². The molecule has 1 N–H and O–H groups in total. The summed E-state index contributed by atoms with van der Waals surface area (Å²) in [6.45, 7) is 4.61. The molecule has 3 atom stereocenters. The molecule has 2 saturated heterocycles. The first-order valence-corrected chi connectivity index (χ1v) is 10.9. The van der Waals surface area contributed by atoms with Gasteiger partial charge >= 0.3 is 0 Å². The number of hydrogen-bond acceptors (Lipinski definition) is 4. The van der Waals surface area contributed by atoms with Gasteiger partial charge < -0.3 is 10.0 Å². The molecule has 5 nitrogen and oxygen atoms in total. The van der Waals surface area contributed by atoms with Gasteiger partial charge in [-0.3, -0.25) is 9.69 Å². The Bertz CT molecular complexity index is 934. The Labute approximate surface area is 178 Å². The van der Waals surface area contributed by atoms with Gasteiger partial charge in [0.2, 0.25) is 5.91 Å². The summed E-state index contributed by atoms with van der Waals surface area (Å²) in [5, 5.41) is 19.2. The van der Waals surface area contributed by atoms with E-state index in [2.05, 4.69) is 35.2 Å². The highest BCUT2D eigenvalue weighted by atomic mass is 16.3. The minimum Gasteiger partial charge on any atom is -0.395 e. The van der Waals surface area contributed by atoms with Gasteiger partial charge in [-0.05, 0) is 48.2 Å². The van der Waals surface area contributed by atoms with Crippen LogP contribution >= 0.6 is 0 Å². The van der Waals surface area contributed by atoms with Gasteiger partial charge in [-0.1, -0.05) is 43.3 Å². The van der Waals surface area contributed by atoms with Gasteiger partial charge in [-0.15, -0.1) is 0 Å². The van der Waals surface area contributed by atoms with Crippen LogP contribution in [0.3, 0.4) is 0 Å². The minimum atomic E-state index is 0.111. The van der Waals surface area contributed by atoms with Crippen molar-refractivity contribution in [2.45, 2.75) is 44.2 Å².